The Balaban J connectivity index is 1.59. The van der Waals surface area contributed by atoms with Crippen molar-refractivity contribution in [3.63, 3.8) is 0 Å². The lowest BCUT2D eigenvalue weighted by Crippen LogP contribution is -2.44. The number of rotatable bonds is 8. The van der Waals surface area contributed by atoms with Gasteiger partial charge in [-0.25, -0.2) is 12.7 Å². The maximum absolute atomic E-state index is 12.9. The van der Waals surface area contributed by atoms with Crippen molar-refractivity contribution >= 4 is 33.2 Å². The van der Waals surface area contributed by atoms with E-state index in [1.54, 1.807) is 24.3 Å². The van der Waals surface area contributed by atoms with Crippen LogP contribution in [0, 0.1) is 5.92 Å². The minimum absolute atomic E-state index is 0.0856. The smallest absolute Gasteiger partial charge is 0.228 e. The monoisotopic (exact) mass is 448 g/mol. The molecular weight excluding hydrogens is 420 g/mol. The number of anilines is 1. The fraction of sp³-hybridized carbons (Fsp3) is 0.435. The standard InChI is InChI=1S/C23H29ClN2O3S/c1-2-3-5-18-9-13-22(14-10-18)25-23(27)20-6-4-15-26(16-20)30(28,29)17-19-7-11-21(24)12-8-19/h7-14,20H,2-6,15-17H2,1H3,(H,25,27)/t20-/m1/s1. The molecule has 0 bridgehead atoms. The summed E-state index contributed by atoms with van der Waals surface area (Å²) < 4.78 is 27.2. The molecule has 0 radical (unpaired) electrons. The number of benzene rings is 2. The fourth-order valence-electron chi connectivity index (χ4n) is 3.67. The number of carbonyl (C=O) groups is 1. The molecule has 1 heterocycles. The Morgan fingerprint density at radius 2 is 1.77 bits per heavy atom. The molecule has 0 spiro atoms. The van der Waals surface area contributed by atoms with Crippen LogP contribution >= 0.6 is 11.6 Å². The van der Waals surface area contributed by atoms with Crippen molar-refractivity contribution in [2.75, 3.05) is 18.4 Å². The number of aryl methyl sites for hydroxylation is 1. The van der Waals surface area contributed by atoms with Gasteiger partial charge in [-0.05, 0) is 61.1 Å². The molecular formula is C23H29ClN2O3S. The highest BCUT2D eigenvalue weighted by molar-refractivity contribution is 7.88. The molecule has 1 aliphatic heterocycles. The van der Waals surface area contributed by atoms with Crippen molar-refractivity contribution in [2.45, 2.75) is 44.8 Å². The van der Waals surface area contributed by atoms with Gasteiger partial charge in [0.1, 0.15) is 0 Å². The van der Waals surface area contributed by atoms with Crippen LogP contribution in [0.15, 0.2) is 48.5 Å². The van der Waals surface area contributed by atoms with Crippen molar-refractivity contribution in [3.8, 4) is 0 Å². The van der Waals surface area contributed by atoms with Gasteiger partial charge in [0, 0.05) is 23.8 Å². The van der Waals surface area contributed by atoms with Crippen molar-refractivity contribution in [1.29, 1.82) is 0 Å². The molecule has 7 heteroatoms. The Morgan fingerprint density at radius 1 is 1.10 bits per heavy atom. The topological polar surface area (TPSA) is 66.5 Å². The van der Waals surface area contributed by atoms with Gasteiger partial charge < -0.3 is 5.32 Å². The van der Waals surface area contributed by atoms with Crippen molar-refractivity contribution in [3.05, 3.63) is 64.7 Å². The SMILES string of the molecule is CCCCc1ccc(NC(=O)[C@@H]2CCCN(S(=O)(=O)Cc3ccc(Cl)cc3)C2)cc1. The first-order chi connectivity index (χ1) is 14.4. The number of nitrogens with one attached hydrogen (secondary N) is 1. The normalized spacial score (nSPS) is 17.6. The van der Waals surface area contributed by atoms with Crippen LogP contribution < -0.4 is 5.32 Å². The Morgan fingerprint density at radius 3 is 2.43 bits per heavy atom. The third-order valence-electron chi connectivity index (χ3n) is 5.45. The van der Waals surface area contributed by atoms with Gasteiger partial charge in [-0.15, -0.1) is 0 Å². The molecule has 5 nitrogen and oxygen atoms in total. The largest absolute Gasteiger partial charge is 0.326 e. The maximum atomic E-state index is 12.9. The number of nitrogens with zero attached hydrogens (tertiary/aromatic N) is 1. The highest BCUT2D eigenvalue weighted by atomic mass is 35.5. The van der Waals surface area contributed by atoms with Gasteiger partial charge in [-0.3, -0.25) is 4.79 Å². The van der Waals surface area contributed by atoms with Gasteiger partial charge in [0.05, 0.1) is 11.7 Å². The molecule has 2 aromatic rings. The summed E-state index contributed by atoms with van der Waals surface area (Å²) in [5.74, 6) is -0.557. The molecule has 3 rings (SSSR count). The zero-order chi connectivity index (χ0) is 21.6. The number of hydrogen-bond donors (Lipinski definition) is 1. The third kappa shape index (κ3) is 6.30. The van der Waals surface area contributed by atoms with Gasteiger partial charge in [0.25, 0.3) is 0 Å². The van der Waals surface area contributed by atoms with Crippen molar-refractivity contribution in [2.24, 2.45) is 5.92 Å². The minimum Gasteiger partial charge on any atom is -0.326 e. The zero-order valence-corrected chi connectivity index (χ0v) is 18.9. The number of unbranched alkanes of at least 4 members (excludes halogenated alkanes) is 1. The quantitative estimate of drug-likeness (QED) is 0.626. The van der Waals surface area contributed by atoms with Gasteiger partial charge in [0.2, 0.25) is 15.9 Å². The highest BCUT2D eigenvalue weighted by Gasteiger charge is 2.32. The summed E-state index contributed by atoms with van der Waals surface area (Å²) in [5, 5.41) is 3.52. The number of carbonyl (C=O) groups excluding carboxylic acids is 1. The van der Waals surface area contributed by atoms with E-state index in [0.29, 0.717) is 30.0 Å². The summed E-state index contributed by atoms with van der Waals surface area (Å²) in [4.78, 5) is 12.7. The minimum atomic E-state index is -3.49. The number of halogens is 1. The molecule has 2 aromatic carbocycles. The zero-order valence-electron chi connectivity index (χ0n) is 17.3. The second-order valence-corrected chi connectivity index (χ2v) is 10.3. The van der Waals surface area contributed by atoms with Crippen LogP contribution in [0.4, 0.5) is 5.69 Å². The van der Waals surface area contributed by atoms with Crippen molar-refractivity contribution in [1.82, 2.24) is 4.31 Å². The molecule has 162 valence electrons. The van der Waals surface area contributed by atoms with E-state index in [-0.39, 0.29) is 24.1 Å². The van der Waals surface area contributed by atoms with E-state index in [0.717, 1.165) is 24.9 Å². The van der Waals surface area contributed by atoms with Crippen LogP contribution in [-0.4, -0.2) is 31.7 Å². The number of piperidine rings is 1. The van der Waals surface area contributed by atoms with E-state index in [1.807, 2.05) is 24.3 Å². The third-order valence-corrected chi connectivity index (χ3v) is 7.52. The molecule has 0 saturated carbocycles. The van der Waals surface area contributed by atoms with Gasteiger partial charge >= 0.3 is 0 Å². The second-order valence-electron chi connectivity index (χ2n) is 7.87. The summed E-state index contributed by atoms with van der Waals surface area (Å²) in [6, 6.07) is 14.7. The van der Waals surface area contributed by atoms with Crippen LogP contribution in [0.3, 0.4) is 0 Å². The van der Waals surface area contributed by atoms with Gasteiger partial charge in [0.15, 0.2) is 0 Å². The lowest BCUT2D eigenvalue weighted by molar-refractivity contribution is -0.120. The van der Waals surface area contributed by atoms with Crippen molar-refractivity contribution < 1.29 is 13.2 Å². The van der Waals surface area contributed by atoms with E-state index in [2.05, 4.69) is 12.2 Å². The van der Waals surface area contributed by atoms with Crippen LogP contribution in [-0.2, 0) is 27.0 Å². The number of sulfonamides is 1. The Hall–Kier alpha value is -1.89. The summed E-state index contributed by atoms with van der Waals surface area (Å²) in [6.45, 7) is 2.83. The summed E-state index contributed by atoms with van der Waals surface area (Å²) in [5.41, 5.74) is 2.70. The average molecular weight is 449 g/mol. The van der Waals surface area contributed by atoms with Crippen LogP contribution in [0.1, 0.15) is 43.7 Å². The maximum Gasteiger partial charge on any atom is 0.228 e. The first-order valence-electron chi connectivity index (χ1n) is 10.5. The first-order valence-corrected chi connectivity index (χ1v) is 12.5. The van der Waals surface area contributed by atoms with E-state index in [1.165, 1.54) is 9.87 Å². The van der Waals surface area contributed by atoms with E-state index in [4.69, 9.17) is 11.6 Å². The molecule has 0 aromatic heterocycles. The molecule has 1 N–H and O–H groups in total. The summed E-state index contributed by atoms with van der Waals surface area (Å²) in [6.07, 6.45) is 4.70. The molecule has 1 fully saturated rings. The van der Waals surface area contributed by atoms with E-state index >= 15 is 0 Å². The molecule has 1 saturated heterocycles. The van der Waals surface area contributed by atoms with Crippen LogP contribution in [0.2, 0.25) is 5.02 Å². The Kier molecular flexibility index (Phi) is 7.92. The fourth-order valence-corrected chi connectivity index (χ4v) is 5.41. The molecule has 1 atom stereocenters. The summed E-state index contributed by atoms with van der Waals surface area (Å²) in [7, 11) is -3.49. The first kappa shape index (κ1) is 22.8. The summed E-state index contributed by atoms with van der Waals surface area (Å²) >= 11 is 5.88. The van der Waals surface area contributed by atoms with Gasteiger partial charge in [-0.1, -0.05) is 49.2 Å². The van der Waals surface area contributed by atoms with Crippen LogP contribution in [0.5, 0.6) is 0 Å². The molecule has 0 aliphatic carbocycles. The average Bonchev–Trinajstić information content (AvgIpc) is 2.75. The van der Waals surface area contributed by atoms with Crippen LogP contribution in [0.25, 0.3) is 0 Å². The molecule has 1 aliphatic rings. The Bertz CT molecular complexity index is 943. The lowest BCUT2D eigenvalue weighted by atomic mass is 9.98. The number of hydrogen-bond acceptors (Lipinski definition) is 3. The van der Waals surface area contributed by atoms with Gasteiger partial charge in [-0.2, -0.15) is 0 Å². The second kappa shape index (κ2) is 10.4. The Labute approximate surface area is 184 Å². The predicted molar refractivity (Wildman–Crippen MR) is 122 cm³/mol. The van der Waals surface area contributed by atoms with E-state index in [9.17, 15) is 13.2 Å². The molecule has 30 heavy (non-hydrogen) atoms. The molecule has 1 amide bonds. The number of amides is 1. The predicted octanol–water partition coefficient (Wildman–Crippen LogP) is 4.86. The highest BCUT2D eigenvalue weighted by Crippen LogP contribution is 2.23. The van der Waals surface area contributed by atoms with E-state index < -0.39 is 10.0 Å². The molecule has 0 unspecified atom stereocenters. The lowest BCUT2D eigenvalue weighted by Gasteiger charge is -2.31.